The molecule has 1 aliphatic carbocycles. The van der Waals surface area contributed by atoms with Crippen LogP contribution in [0.3, 0.4) is 0 Å². The monoisotopic (exact) mass is 533 g/mol. The molecule has 40 heavy (non-hydrogen) atoms. The van der Waals surface area contributed by atoms with Gasteiger partial charge < -0.3 is 4.98 Å². The van der Waals surface area contributed by atoms with E-state index in [0.717, 1.165) is 80.6 Å². The van der Waals surface area contributed by atoms with Crippen molar-refractivity contribution in [2.24, 2.45) is 9.98 Å². The minimum absolute atomic E-state index is 0.975. The summed E-state index contributed by atoms with van der Waals surface area (Å²) in [4.78, 5) is 14.5. The summed E-state index contributed by atoms with van der Waals surface area (Å²) in [6.07, 6.45) is 18.6. The molecule has 0 amide bonds. The molecule has 210 valence electrons. The Bertz CT molecular complexity index is 1510. The molecular formula is C37H47N3. The van der Waals surface area contributed by atoms with Gasteiger partial charge in [0.25, 0.3) is 0 Å². The zero-order valence-corrected chi connectivity index (χ0v) is 26.1. The van der Waals surface area contributed by atoms with E-state index in [1.807, 2.05) is 0 Å². The molecule has 3 nitrogen and oxygen atoms in total. The SMILES string of the molecule is CCC1=C(CC)C2=Cc3[nH]c(c(CC)c3CC)C=C3N=C(C=C4N=C(C=C1C2)C(CC)=C4CC)C(CC)=C3CC. The van der Waals surface area contributed by atoms with Crippen LogP contribution in [0.5, 0.6) is 0 Å². The number of hydrogen-bond acceptors (Lipinski definition) is 2. The first-order valence-corrected chi connectivity index (χ1v) is 15.9. The molecule has 0 atom stereocenters. The number of nitrogens with zero attached hydrogens (tertiary/aromatic N) is 2. The van der Waals surface area contributed by atoms with E-state index in [1.54, 1.807) is 0 Å². The number of fused-ring (bicyclic) bond motifs is 6. The van der Waals surface area contributed by atoms with Gasteiger partial charge in [0.2, 0.25) is 0 Å². The first-order valence-electron chi connectivity index (χ1n) is 15.9. The lowest BCUT2D eigenvalue weighted by molar-refractivity contribution is 1.04. The smallest absolute Gasteiger partial charge is 0.0694 e. The van der Waals surface area contributed by atoms with Crippen LogP contribution >= 0.6 is 0 Å². The number of aliphatic imine (C=N–C) groups is 2. The number of rotatable bonds is 8. The Balaban J connectivity index is 1.86. The van der Waals surface area contributed by atoms with E-state index in [2.05, 4.69) is 84.7 Å². The molecule has 0 radical (unpaired) electrons. The third-order valence-corrected chi connectivity index (χ3v) is 9.26. The minimum Gasteiger partial charge on any atom is -0.355 e. The highest BCUT2D eigenvalue weighted by molar-refractivity contribution is 6.16. The van der Waals surface area contributed by atoms with Gasteiger partial charge in [0, 0.05) is 11.4 Å². The Labute approximate surface area is 242 Å². The summed E-state index contributed by atoms with van der Waals surface area (Å²) in [6.45, 7) is 18.3. The van der Waals surface area contributed by atoms with E-state index in [9.17, 15) is 0 Å². The second-order valence-electron chi connectivity index (χ2n) is 11.2. The molecule has 0 saturated heterocycles. The quantitative estimate of drug-likeness (QED) is 0.345. The number of allylic oxidation sites excluding steroid dienone is 10. The van der Waals surface area contributed by atoms with Crippen LogP contribution in [0.15, 0.2) is 78.1 Å². The molecule has 1 aromatic heterocycles. The number of hydrogen-bond donors (Lipinski definition) is 1. The average Bonchev–Trinajstić information content (AvgIpc) is 3.67. The van der Waals surface area contributed by atoms with Crippen LogP contribution in [0.4, 0.5) is 0 Å². The van der Waals surface area contributed by atoms with E-state index >= 15 is 0 Å². The largest absolute Gasteiger partial charge is 0.355 e. The van der Waals surface area contributed by atoms with Crippen molar-refractivity contribution in [2.45, 2.75) is 113 Å². The van der Waals surface area contributed by atoms with Crippen LogP contribution in [-0.2, 0) is 12.8 Å². The fourth-order valence-corrected chi connectivity index (χ4v) is 7.45. The summed E-state index contributed by atoms with van der Waals surface area (Å²) in [5, 5.41) is 0. The van der Waals surface area contributed by atoms with E-state index in [0.29, 0.717) is 0 Å². The maximum atomic E-state index is 5.32. The third kappa shape index (κ3) is 4.62. The van der Waals surface area contributed by atoms with Gasteiger partial charge in [0.1, 0.15) is 0 Å². The molecule has 5 rings (SSSR count). The normalized spacial score (nSPS) is 18.8. The van der Waals surface area contributed by atoms with Crippen molar-refractivity contribution < 1.29 is 0 Å². The number of H-pyrrole nitrogens is 1. The molecule has 4 aliphatic rings. The van der Waals surface area contributed by atoms with E-state index in [-0.39, 0.29) is 0 Å². The van der Waals surface area contributed by atoms with Gasteiger partial charge >= 0.3 is 0 Å². The van der Waals surface area contributed by atoms with E-state index in [4.69, 9.17) is 9.98 Å². The topological polar surface area (TPSA) is 40.5 Å². The van der Waals surface area contributed by atoms with Crippen LogP contribution in [0, 0.1) is 0 Å². The predicted octanol–water partition coefficient (Wildman–Crippen LogP) is 10.4. The highest BCUT2D eigenvalue weighted by atomic mass is 14.8. The molecule has 0 aromatic carbocycles. The summed E-state index contributed by atoms with van der Waals surface area (Å²) in [5.41, 5.74) is 21.3. The van der Waals surface area contributed by atoms with Gasteiger partial charge in [-0.2, -0.15) is 0 Å². The first-order chi connectivity index (χ1) is 19.5. The Morgan fingerprint density at radius 1 is 0.475 bits per heavy atom. The van der Waals surface area contributed by atoms with E-state index < -0.39 is 0 Å². The molecule has 8 bridgehead atoms. The summed E-state index contributed by atoms with van der Waals surface area (Å²) >= 11 is 0. The lowest BCUT2D eigenvalue weighted by atomic mass is 9.95. The van der Waals surface area contributed by atoms with Gasteiger partial charge in [-0.05, 0) is 138 Å². The zero-order chi connectivity index (χ0) is 28.6. The summed E-state index contributed by atoms with van der Waals surface area (Å²) in [7, 11) is 0. The van der Waals surface area contributed by atoms with Crippen LogP contribution in [0.2, 0.25) is 0 Å². The van der Waals surface area contributed by atoms with Crippen LogP contribution < -0.4 is 0 Å². The molecule has 3 aliphatic heterocycles. The highest BCUT2D eigenvalue weighted by Gasteiger charge is 2.28. The molecule has 1 N–H and O–H groups in total. The molecule has 0 saturated carbocycles. The van der Waals surface area contributed by atoms with Crippen LogP contribution in [-0.4, -0.2) is 16.4 Å². The molecule has 1 aromatic rings. The molecule has 0 fully saturated rings. The Morgan fingerprint density at radius 2 is 0.900 bits per heavy atom. The predicted molar refractivity (Wildman–Crippen MR) is 174 cm³/mol. The van der Waals surface area contributed by atoms with Gasteiger partial charge in [-0.3, -0.25) is 0 Å². The average molecular weight is 534 g/mol. The maximum absolute atomic E-state index is 5.32. The molecule has 0 unspecified atom stereocenters. The molecule has 0 spiro atoms. The lowest BCUT2D eigenvalue weighted by Crippen LogP contribution is -1.99. The van der Waals surface area contributed by atoms with Gasteiger partial charge in [0.15, 0.2) is 0 Å². The lowest BCUT2D eigenvalue weighted by Gasteiger charge is -2.07. The van der Waals surface area contributed by atoms with Crippen molar-refractivity contribution in [2.75, 3.05) is 0 Å². The molecule has 4 heterocycles. The van der Waals surface area contributed by atoms with Crippen molar-refractivity contribution in [1.29, 1.82) is 0 Å². The zero-order valence-electron chi connectivity index (χ0n) is 26.1. The minimum atomic E-state index is 0.975. The summed E-state index contributed by atoms with van der Waals surface area (Å²) in [6, 6.07) is 0. The number of nitrogens with one attached hydrogen (secondary N) is 1. The summed E-state index contributed by atoms with van der Waals surface area (Å²) < 4.78 is 0. The van der Waals surface area contributed by atoms with Gasteiger partial charge in [0.05, 0.1) is 22.8 Å². The Morgan fingerprint density at radius 3 is 1.38 bits per heavy atom. The van der Waals surface area contributed by atoms with Crippen molar-refractivity contribution in [3.05, 3.63) is 90.6 Å². The van der Waals surface area contributed by atoms with Gasteiger partial charge in [-0.15, -0.1) is 0 Å². The van der Waals surface area contributed by atoms with Gasteiger partial charge in [-0.25, -0.2) is 9.98 Å². The van der Waals surface area contributed by atoms with Crippen molar-refractivity contribution in [3.8, 4) is 0 Å². The highest BCUT2D eigenvalue weighted by Crippen LogP contribution is 2.43. The number of aromatic nitrogens is 1. The van der Waals surface area contributed by atoms with E-state index in [1.165, 1.54) is 67.1 Å². The maximum Gasteiger partial charge on any atom is 0.0694 e. The second kappa shape index (κ2) is 11.7. The molecular weight excluding hydrogens is 486 g/mol. The standard InChI is InChI=1S/C37H47N3/c1-9-24-22-17-23(25(24)10-2)19-33-27(12-4)29(14-6)35(39-33)21-37-31(16-8)30(15-7)36(40-37)20-34-28(13-5)26(11-3)32(18-22)38-34/h18-21,38H,9-17H2,1-8H3. The number of aromatic amines is 1. The first kappa shape index (κ1) is 28.3. The third-order valence-electron chi connectivity index (χ3n) is 9.26. The van der Waals surface area contributed by atoms with Crippen molar-refractivity contribution in [1.82, 2.24) is 4.98 Å². The van der Waals surface area contributed by atoms with Crippen molar-refractivity contribution >= 4 is 23.6 Å². The second-order valence-corrected chi connectivity index (χ2v) is 11.2. The Kier molecular flexibility index (Phi) is 8.31. The molecule has 3 heteroatoms. The fraction of sp³-hybridized carbons (Fsp3) is 0.459. The van der Waals surface area contributed by atoms with Crippen molar-refractivity contribution in [3.63, 3.8) is 0 Å². The van der Waals surface area contributed by atoms with Gasteiger partial charge in [-0.1, -0.05) is 55.4 Å². The summed E-state index contributed by atoms with van der Waals surface area (Å²) in [5.74, 6) is 0. The van der Waals surface area contributed by atoms with Crippen LogP contribution in [0.25, 0.3) is 12.2 Å². The van der Waals surface area contributed by atoms with Crippen LogP contribution in [0.1, 0.15) is 123 Å². The fourth-order valence-electron chi connectivity index (χ4n) is 7.45. The Hall–Kier alpha value is -3.20.